The first-order valence-electron chi connectivity index (χ1n) is 6.41. The fourth-order valence-corrected chi connectivity index (χ4v) is 3.22. The molecule has 1 nitrogen and oxygen atoms in total. The maximum atomic E-state index is 13.6. The molecule has 1 fully saturated rings. The number of hydrogen-bond acceptors (Lipinski definition) is 1. The highest BCUT2D eigenvalue weighted by molar-refractivity contribution is 5.51. The number of aryl methyl sites for hydroxylation is 1. The molecule has 2 aliphatic carbocycles. The number of para-hydroxylation sites is 1. The minimum Gasteiger partial charge on any atom is -0.382 e. The van der Waals surface area contributed by atoms with Crippen molar-refractivity contribution in [1.29, 1.82) is 0 Å². The van der Waals surface area contributed by atoms with E-state index in [0.29, 0.717) is 11.6 Å². The molecule has 0 saturated heterocycles. The largest absolute Gasteiger partial charge is 0.382 e. The maximum Gasteiger partial charge on any atom is 0.146 e. The van der Waals surface area contributed by atoms with Crippen LogP contribution < -0.4 is 5.32 Å². The van der Waals surface area contributed by atoms with E-state index < -0.39 is 0 Å². The smallest absolute Gasteiger partial charge is 0.146 e. The van der Waals surface area contributed by atoms with Gasteiger partial charge in [-0.05, 0) is 49.1 Å². The van der Waals surface area contributed by atoms with Gasteiger partial charge in [0, 0.05) is 6.54 Å². The molecule has 90 valence electrons. The zero-order valence-electron chi connectivity index (χ0n) is 10.1. The Hall–Kier alpha value is -1.31. The van der Waals surface area contributed by atoms with Crippen LogP contribution in [-0.4, -0.2) is 6.54 Å². The van der Waals surface area contributed by atoms with Gasteiger partial charge >= 0.3 is 0 Å². The van der Waals surface area contributed by atoms with Crippen LogP contribution in [0.1, 0.15) is 18.4 Å². The van der Waals surface area contributed by atoms with Gasteiger partial charge in [0.25, 0.3) is 0 Å². The lowest BCUT2D eigenvalue weighted by molar-refractivity contribution is 0.470. The van der Waals surface area contributed by atoms with E-state index in [1.807, 2.05) is 13.0 Å². The highest BCUT2D eigenvalue weighted by atomic mass is 19.1. The van der Waals surface area contributed by atoms with Gasteiger partial charge in [0.05, 0.1) is 5.69 Å². The molecule has 1 saturated carbocycles. The Kier molecular flexibility index (Phi) is 2.65. The molecular formula is C15H18FN. The number of halogens is 1. The van der Waals surface area contributed by atoms with E-state index in [1.165, 1.54) is 18.9 Å². The number of hydrogen-bond donors (Lipinski definition) is 1. The summed E-state index contributed by atoms with van der Waals surface area (Å²) in [6.45, 7) is 2.85. The molecule has 0 amide bonds. The standard InChI is InChI=1S/C15H18FN/c1-10-3-2-4-14(16)15(10)17-9-13-8-11-5-6-12(13)7-11/h2-6,11-13,17H,7-9H2,1H3. The number of allylic oxidation sites excluding steroid dienone is 2. The quantitative estimate of drug-likeness (QED) is 0.781. The van der Waals surface area contributed by atoms with Gasteiger partial charge in [0.2, 0.25) is 0 Å². The number of fused-ring (bicyclic) bond motifs is 2. The highest BCUT2D eigenvalue weighted by Crippen LogP contribution is 2.43. The summed E-state index contributed by atoms with van der Waals surface area (Å²) in [7, 11) is 0. The molecule has 1 aromatic carbocycles. The van der Waals surface area contributed by atoms with Crippen molar-refractivity contribution < 1.29 is 4.39 Å². The third kappa shape index (κ3) is 1.97. The van der Waals surface area contributed by atoms with E-state index in [4.69, 9.17) is 0 Å². The van der Waals surface area contributed by atoms with Gasteiger partial charge in [-0.1, -0.05) is 24.3 Å². The average Bonchev–Trinajstić information content (AvgIpc) is 2.90. The lowest BCUT2D eigenvalue weighted by Gasteiger charge is -2.20. The first-order chi connectivity index (χ1) is 8.24. The monoisotopic (exact) mass is 231 g/mol. The Morgan fingerprint density at radius 1 is 1.29 bits per heavy atom. The molecule has 1 aromatic rings. The van der Waals surface area contributed by atoms with Gasteiger partial charge in [-0.3, -0.25) is 0 Å². The van der Waals surface area contributed by atoms with Crippen LogP contribution in [0.2, 0.25) is 0 Å². The average molecular weight is 231 g/mol. The van der Waals surface area contributed by atoms with Gasteiger partial charge in [-0.15, -0.1) is 0 Å². The summed E-state index contributed by atoms with van der Waals surface area (Å²) >= 11 is 0. The Morgan fingerprint density at radius 3 is 2.82 bits per heavy atom. The van der Waals surface area contributed by atoms with E-state index in [2.05, 4.69) is 17.5 Å². The van der Waals surface area contributed by atoms with Crippen molar-refractivity contribution in [3.05, 3.63) is 41.7 Å². The van der Waals surface area contributed by atoms with E-state index in [1.54, 1.807) is 6.07 Å². The SMILES string of the molecule is Cc1cccc(F)c1NCC1CC2C=CC1C2. The minimum absolute atomic E-state index is 0.135. The Bertz CT molecular complexity index is 432. The number of nitrogens with one attached hydrogen (secondary N) is 1. The number of rotatable bonds is 3. The first kappa shape index (κ1) is 10.8. The van der Waals surface area contributed by atoms with Gasteiger partial charge in [0.15, 0.2) is 0 Å². The van der Waals surface area contributed by atoms with Crippen LogP contribution in [-0.2, 0) is 0 Å². The first-order valence-corrected chi connectivity index (χ1v) is 6.41. The molecule has 2 aliphatic rings. The van der Waals surface area contributed by atoms with Crippen molar-refractivity contribution in [1.82, 2.24) is 0 Å². The zero-order chi connectivity index (χ0) is 11.8. The Balaban J connectivity index is 1.66. The van der Waals surface area contributed by atoms with Crippen LogP contribution in [0.5, 0.6) is 0 Å². The van der Waals surface area contributed by atoms with Crippen molar-refractivity contribution in [3.8, 4) is 0 Å². The molecular weight excluding hydrogens is 213 g/mol. The van der Waals surface area contributed by atoms with Crippen molar-refractivity contribution >= 4 is 5.69 Å². The fourth-order valence-electron chi connectivity index (χ4n) is 3.22. The Labute approximate surface area is 102 Å². The second-order valence-corrected chi connectivity index (χ2v) is 5.35. The van der Waals surface area contributed by atoms with E-state index in [0.717, 1.165) is 23.9 Å². The molecule has 1 N–H and O–H groups in total. The Morgan fingerprint density at radius 2 is 2.18 bits per heavy atom. The minimum atomic E-state index is -0.135. The van der Waals surface area contributed by atoms with Crippen molar-refractivity contribution in [2.24, 2.45) is 17.8 Å². The molecule has 0 spiro atoms. The molecule has 3 rings (SSSR count). The zero-order valence-corrected chi connectivity index (χ0v) is 10.1. The van der Waals surface area contributed by atoms with E-state index >= 15 is 0 Å². The number of benzene rings is 1. The van der Waals surface area contributed by atoms with Crippen molar-refractivity contribution in [2.45, 2.75) is 19.8 Å². The van der Waals surface area contributed by atoms with E-state index in [-0.39, 0.29) is 5.82 Å². The third-order valence-corrected chi connectivity index (χ3v) is 4.18. The fraction of sp³-hybridized carbons (Fsp3) is 0.467. The van der Waals surface area contributed by atoms with Crippen molar-refractivity contribution in [2.75, 3.05) is 11.9 Å². The van der Waals surface area contributed by atoms with Gasteiger partial charge < -0.3 is 5.32 Å². The van der Waals surface area contributed by atoms with Crippen LogP contribution in [0.3, 0.4) is 0 Å². The van der Waals surface area contributed by atoms with Gasteiger partial charge in [-0.2, -0.15) is 0 Å². The van der Waals surface area contributed by atoms with E-state index in [9.17, 15) is 4.39 Å². The summed E-state index contributed by atoms with van der Waals surface area (Å²) in [5, 5.41) is 3.30. The molecule has 3 unspecified atom stereocenters. The molecule has 0 radical (unpaired) electrons. The second kappa shape index (κ2) is 4.17. The van der Waals surface area contributed by atoms with Gasteiger partial charge in [-0.25, -0.2) is 4.39 Å². The second-order valence-electron chi connectivity index (χ2n) is 5.35. The molecule has 0 aliphatic heterocycles. The highest BCUT2D eigenvalue weighted by Gasteiger charge is 2.35. The molecule has 0 heterocycles. The molecule has 3 atom stereocenters. The van der Waals surface area contributed by atoms with Crippen LogP contribution >= 0.6 is 0 Å². The summed E-state index contributed by atoms with van der Waals surface area (Å²) < 4.78 is 13.6. The summed E-state index contributed by atoms with van der Waals surface area (Å²) in [6, 6.07) is 5.23. The van der Waals surface area contributed by atoms with Crippen LogP contribution in [0, 0.1) is 30.5 Å². The van der Waals surface area contributed by atoms with Crippen molar-refractivity contribution in [3.63, 3.8) is 0 Å². The lowest BCUT2D eigenvalue weighted by atomic mass is 9.93. The maximum absolute atomic E-state index is 13.6. The molecule has 0 aromatic heterocycles. The molecule has 2 bridgehead atoms. The topological polar surface area (TPSA) is 12.0 Å². The normalized spacial score (nSPS) is 29.9. The summed E-state index contributed by atoms with van der Waals surface area (Å²) in [6.07, 6.45) is 7.26. The third-order valence-electron chi connectivity index (χ3n) is 4.18. The van der Waals surface area contributed by atoms with Crippen LogP contribution in [0.15, 0.2) is 30.4 Å². The van der Waals surface area contributed by atoms with Gasteiger partial charge in [0.1, 0.15) is 5.82 Å². The molecule has 17 heavy (non-hydrogen) atoms. The van der Waals surface area contributed by atoms with Crippen LogP contribution in [0.4, 0.5) is 10.1 Å². The summed E-state index contributed by atoms with van der Waals surface area (Å²) in [5.41, 5.74) is 1.67. The predicted molar refractivity (Wildman–Crippen MR) is 68.5 cm³/mol. The molecule has 2 heteroatoms. The van der Waals surface area contributed by atoms with Crippen LogP contribution in [0.25, 0.3) is 0 Å². The number of anilines is 1. The summed E-state index contributed by atoms with van der Waals surface area (Å²) in [4.78, 5) is 0. The lowest BCUT2D eigenvalue weighted by Crippen LogP contribution is -2.19. The predicted octanol–water partition coefficient (Wildman–Crippen LogP) is 3.76. The summed E-state index contributed by atoms with van der Waals surface area (Å²) in [5.74, 6) is 2.06.